The van der Waals surface area contributed by atoms with Crippen LogP contribution in [0, 0.1) is 13.8 Å². The van der Waals surface area contributed by atoms with Crippen molar-refractivity contribution >= 4 is 5.91 Å². The third-order valence-electron chi connectivity index (χ3n) is 5.65. The summed E-state index contributed by atoms with van der Waals surface area (Å²) in [7, 11) is 0. The average molecular weight is 450 g/mol. The van der Waals surface area contributed by atoms with Crippen LogP contribution in [0.3, 0.4) is 0 Å². The molecule has 2 aromatic carbocycles. The molecule has 1 amide bonds. The second-order valence-corrected chi connectivity index (χ2v) is 8.44. The molecule has 0 bridgehead atoms. The standard InChI is InChI=1S/C25H31N5O3/c1-19-6-8-21(9-7-19)25-27-24(33-28-25)18-30-13-11-29(12-14-30)17-23(31)26-10-15-32-22-5-3-4-20(2)16-22/h3-9,16H,10-15,17-18H2,1-2H3,(H,26,31). The summed E-state index contributed by atoms with van der Waals surface area (Å²) in [5.41, 5.74) is 3.31. The molecule has 0 radical (unpaired) electrons. The number of hydrogen-bond donors (Lipinski definition) is 1. The highest BCUT2D eigenvalue weighted by atomic mass is 16.5. The van der Waals surface area contributed by atoms with Crippen molar-refractivity contribution in [2.75, 3.05) is 45.9 Å². The maximum Gasteiger partial charge on any atom is 0.241 e. The summed E-state index contributed by atoms with van der Waals surface area (Å²) < 4.78 is 11.1. The molecule has 3 aromatic rings. The van der Waals surface area contributed by atoms with E-state index in [1.54, 1.807) is 0 Å². The quantitative estimate of drug-likeness (QED) is 0.503. The molecule has 2 heterocycles. The third kappa shape index (κ3) is 6.87. The van der Waals surface area contributed by atoms with E-state index in [1.807, 2.05) is 55.5 Å². The first-order chi connectivity index (χ1) is 16.0. The fourth-order valence-corrected chi connectivity index (χ4v) is 3.76. The molecule has 0 aliphatic carbocycles. The van der Waals surface area contributed by atoms with Crippen molar-refractivity contribution in [3.05, 3.63) is 65.5 Å². The van der Waals surface area contributed by atoms with Gasteiger partial charge in [-0.15, -0.1) is 0 Å². The number of benzene rings is 2. The fraction of sp³-hybridized carbons (Fsp3) is 0.400. The van der Waals surface area contributed by atoms with Crippen molar-refractivity contribution in [1.29, 1.82) is 0 Å². The van der Waals surface area contributed by atoms with E-state index in [2.05, 4.69) is 32.2 Å². The Morgan fingerprint density at radius 2 is 1.79 bits per heavy atom. The summed E-state index contributed by atoms with van der Waals surface area (Å²) in [6.45, 7) is 9.40. The Balaban J connectivity index is 1.13. The van der Waals surface area contributed by atoms with Crippen molar-refractivity contribution in [3.8, 4) is 17.1 Å². The highest BCUT2D eigenvalue weighted by Crippen LogP contribution is 2.17. The molecule has 1 saturated heterocycles. The van der Waals surface area contributed by atoms with Gasteiger partial charge in [-0.3, -0.25) is 14.6 Å². The molecule has 0 saturated carbocycles. The van der Waals surface area contributed by atoms with Crippen LogP contribution in [0.1, 0.15) is 17.0 Å². The van der Waals surface area contributed by atoms with Gasteiger partial charge in [0.15, 0.2) is 0 Å². The van der Waals surface area contributed by atoms with E-state index in [1.165, 1.54) is 5.56 Å². The van der Waals surface area contributed by atoms with Crippen LogP contribution in [0.2, 0.25) is 0 Å². The van der Waals surface area contributed by atoms with Gasteiger partial charge < -0.3 is 14.6 Å². The van der Waals surface area contributed by atoms with Gasteiger partial charge in [0.2, 0.25) is 17.6 Å². The third-order valence-corrected chi connectivity index (χ3v) is 5.65. The molecular formula is C25H31N5O3. The topological polar surface area (TPSA) is 83.7 Å². The molecule has 1 aliphatic rings. The Labute approximate surface area is 194 Å². The monoisotopic (exact) mass is 449 g/mol. The molecular weight excluding hydrogens is 418 g/mol. The van der Waals surface area contributed by atoms with Gasteiger partial charge in [0.1, 0.15) is 12.4 Å². The number of ether oxygens (including phenoxy) is 1. The van der Waals surface area contributed by atoms with Crippen LogP contribution < -0.4 is 10.1 Å². The van der Waals surface area contributed by atoms with E-state index in [9.17, 15) is 4.79 Å². The maximum absolute atomic E-state index is 12.3. The van der Waals surface area contributed by atoms with Gasteiger partial charge in [-0.2, -0.15) is 4.98 Å². The molecule has 174 valence electrons. The van der Waals surface area contributed by atoms with E-state index < -0.39 is 0 Å². The van der Waals surface area contributed by atoms with Gasteiger partial charge >= 0.3 is 0 Å². The SMILES string of the molecule is Cc1ccc(-c2noc(CN3CCN(CC(=O)NCCOc4cccc(C)c4)CC3)n2)cc1. The molecule has 33 heavy (non-hydrogen) atoms. The minimum atomic E-state index is 0.0240. The van der Waals surface area contributed by atoms with Crippen molar-refractivity contribution in [1.82, 2.24) is 25.3 Å². The highest BCUT2D eigenvalue weighted by molar-refractivity contribution is 5.78. The zero-order chi connectivity index (χ0) is 23.0. The molecule has 8 nitrogen and oxygen atoms in total. The zero-order valence-electron chi connectivity index (χ0n) is 19.3. The second kappa shape index (κ2) is 11.1. The number of hydrogen-bond acceptors (Lipinski definition) is 7. The van der Waals surface area contributed by atoms with Crippen molar-refractivity contribution < 1.29 is 14.1 Å². The van der Waals surface area contributed by atoms with Gasteiger partial charge in [-0.1, -0.05) is 47.1 Å². The normalized spacial score (nSPS) is 14.8. The van der Waals surface area contributed by atoms with E-state index in [0.29, 0.717) is 38.0 Å². The molecule has 1 aromatic heterocycles. The van der Waals surface area contributed by atoms with Crippen LogP contribution >= 0.6 is 0 Å². The number of aromatic nitrogens is 2. The number of aryl methyl sites for hydroxylation is 2. The minimum absolute atomic E-state index is 0.0240. The summed E-state index contributed by atoms with van der Waals surface area (Å²) in [5, 5.41) is 7.04. The van der Waals surface area contributed by atoms with Crippen LogP contribution in [0.5, 0.6) is 5.75 Å². The number of rotatable bonds is 9. The van der Waals surface area contributed by atoms with Gasteiger partial charge in [0.25, 0.3) is 0 Å². The summed E-state index contributed by atoms with van der Waals surface area (Å²) in [6.07, 6.45) is 0. The summed E-state index contributed by atoms with van der Waals surface area (Å²) in [4.78, 5) is 21.2. The Kier molecular flexibility index (Phi) is 7.70. The molecule has 1 N–H and O–H groups in total. The minimum Gasteiger partial charge on any atom is -0.492 e. The zero-order valence-corrected chi connectivity index (χ0v) is 19.3. The first-order valence-electron chi connectivity index (χ1n) is 11.4. The highest BCUT2D eigenvalue weighted by Gasteiger charge is 2.21. The van der Waals surface area contributed by atoms with E-state index >= 15 is 0 Å². The average Bonchev–Trinajstić information content (AvgIpc) is 3.27. The Bertz CT molecular complexity index is 1040. The molecule has 4 rings (SSSR count). The van der Waals surface area contributed by atoms with E-state index in [4.69, 9.17) is 9.26 Å². The van der Waals surface area contributed by atoms with Gasteiger partial charge in [-0.25, -0.2) is 0 Å². The van der Waals surface area contributed by atoms with Gasteiger partial charge in [0, 0.05) is 31.7 Å². The number of amides is 1. The summed E-state index contributed by atoms with van der Waals surface area (Å²) in [5.74, 6) is 2.08. The van der Waals surface area contributed by atoms with E-state index in [-0.39, 0.29) is 5.91 Å². The van der Waals surface area contributed by atoms with Gasteiger partial charge in [-0.05, 0) is 31.5 Å². The Morgan fingerprint density at radius 1 is 1.03 bits per heavy atom. The number of nitrogens with zero attached hydrogens (tertiary/aromatic N) is 4. The molecule has 0 unspecified atom stereocenters. The largest absolute Gasteiger partial charge is 0.492 e. The Hall–Kier alpha value is -3.23. The predicted molar refractivity (Wildman–Crippen MR) is 126 cm³/mol. The first-order valence-corrected chi connectivity index (χ1v) is 11.4. The molecule has 1 aliphatic heterocycles. The van der Waals surface area contributed by atoms with Crippen LogP contribution in [-0.4, -0.2) is 71.7 Å². The lowest BCUT2D eigenvalue weighted by Gasteiger charge is -2.33. The maximum atomic E-state index is 12.3. The van der Waals surface area contributed by atoms with Crippen molar-refractivity contribution in [3.63, 3.8) is 0 Å². The Morgan fingerprint density at radius 3 is 2.55 bits per heavy atom. The second-order valence-electron chi connectivity index (χ2n) is 8.44. The van der Waals surface area contributed by atoms with Crippen LogP contribution in [0.15, 0.2) is 53.1 Å². The van der Waals surface area contributed by atoms with Crippen LogP contribution in [0.25, 0.3) is 11.4 Å². The van der Waals surface area contributed by atoms with Crippen LogP contribution in [-0.2, 0) is 11.3 Å². The molecule has 0 atom stereocenters. The molecule has 1 fully saturated rings. The molecule has 8 heteroatoms. The number of piperazine rings is 1. The van der Waals surface area contributed by atoms with Crippen molar-refractivity contribution in [2.45, 2.75) is 20.4 Å². The first kappa shape index (κ1) is 22.9. The lowest BCUT2D eigenvalue weighted by molar-refractivity contribution is -0.122. The predicted octanol–water partition coefficient (Wildman–Crippen LogP) is 2.67. The number of carbonyl (C=O) groups excluding carboxylic acids is 1. The fourth-order valence-electron chi connectivity index (χ4n) is 3.76. The summed E-state index contributed by atoms with van der Waals surface area (Å²) >= 11 is 0. The smallest absolute Gasteiger partial charge is 0.241 e. The molecule has 0 spiro atoms. The lowest BCUT2D eigenvalue weighted by Crippen LogP contribution is -2.49. The summed E-state index contributed by atoms with van der Waals surface area (Å²) in [6, 6.07) is 16.0. The van der Waals surface area contributed by atoms with E-state index in [0.717, 1.165) is 43.1 Å². The lowest BCUT2D eigenvalue weighted by atomic mass is 10.1. The number of carbonyl (C=O) groups is 1. The van der Waals surface area contributed by atoms with Crippen LogP contribution in [0.4, 0.5) is 0 Å². The number of nitrogens with one attached hydrogen (secondary N) is 1. The van der Waals surface area contributed by atoms with Crippen molar-refractivity contribution in [2.24, 2.45) is 0 Å². The van der Waals surface area contributed by atoms with Gasteiger partial charge in [0.05, 0.1) is 19.6 Å².